The van der Waals surface area contributed by atoms with Crippen LogP contribution in [0.2, 0.25) is 0 Å². The van der Waals surface area contributed by atoms with E-state index in [4.69, 9.17) is 11.3 Å². The number of hydrogen-bond donors (Lipinski definition) is 1. The van der Waals surface area contributed by atoms with E-state index in [0.29, 0.717) is 37.3 Å². The average Bonchev–Trinajstić information content (AvgIpc) is 3.59. The molecule has 35 heavy (non-hydrogen) atoms. The summed E-state index contributed by atoms with van der Waals surface area (Å²) in [5.74, 6) is 0.485. The fourth-order valence-electron chi connectivity index (χ4n) is 4.28. The van der Waals surface area contributed by atoms with E-state index in [-0.39, 0.29) is 35.5 Å². The first kappa shape index (κ1) is 22.5. The summed E-state index contributed by atoms with van der Waals surface area (Å²) in [6, 6.07) is 1.25. The molecule has 0 radical (unpaired) electrons. The molecule has 1 aliphatic heterocycles. The van der Waals surface area contributed by atoms with Crippen LogP contribution < -0.4 is 10.3 Å². The Kier molecular flexibility index (Phi) is 5.90. The van der Waals surface area contributed by atoms with Crippen LogP contribution in [0.5, 0.6) is 0 Å². The minimum absolute atomic E-state index is 0.0176. The molecule has 4 heterocycles. The molecular weight excluding hydrogens is 457 g/mol. The van der Waals surface area contributed by atoms with Crippen molar-refractivity contribution >= 4 is 29.0 Å². The number of halogens is 1. The predicted octanol–water partition coefficient (Wildman–Crippen LogP) is 1.99. The molecule has 2 aliphatic rings. The van der Waals surface area contributed by atoms with Crippen molar-refractivity contribution in [1.82, 2.24) is 24.5 Å². The highest BCUT2D eigenvalue weighted by Crippen LogP contribution is 2.37. The number of aromatic nitrogens is 5. The third-order valence-corrected chi connectivity index (χ3v) is 6.18. The Bertz CT molecular complexity index is 1410. The fraction of sp³-hybridized carbons (Fsp3) is 0.391. The van der Waals surface area contributed by atoms with Crippen molar-refractivity contribution in [1.29, 1.82) is 0 Å². The Hall–Kier alpha value is -4.27. The Morgan fingerprint density at radius 2 is 2.06 bits per heavy atom. The second-order valence-corrected chi connectivity index (χ2v) is 8.53. The van der Waals surface area contributed by atoms with Crippen LogP contribution in [0.4, 0.5) is 10.2 Å². The highest BCUT2D eigenvalue weighted by Gasteiger charge is 2.30. The number of carboxylic acids is 1. The molecule has 180 valence electrons. The Balaban J connectivity index is 1.36. The van der Waals surface area contributed by atoms with Crippen molar-refractivity contribution in [2.75, 3.05) is 24.6 Å². The third kappa shape index (κ3) is 4.44. The van der Waals surface area contributed by atoms with E-state index in [1.54, 1.807) is 15.4 Å². The zero-order chi connectivity index (χ0) is 24.5. The van der Waals surface area contributed by atoms with Crippen LogP contribution in [0.15, 0.2) is 28.4 Å². The minimum Gasteiger partial charge on any atom is -0.477 e. The largest absolute Gasteiger partial charge is 0.477 e. The molecule has 0 amide bonds. The third-order valence-electron chi connectivity index (χ3n) is 6.18. The minimum atomic E-state index is -1.33. The number of anilines is 1. The number of pyridine rings is 2. The lowest BCUT2D eigenvalue weighted by atomic mass is 10.1. The summed E-state index contributed by atoms with van der Waals surface area (Å²) in [5, 5.41) is 21.3. The van der Waals surface area contributed by atoms with E-state index in [9.17, 15) is 14.7 Å². The monoisotopic (exact) mass is 479 g/mol. The van der Waals surface area contributed by atoms with Crippen LogP contribution in [-0.2, 0) is 4.84 Å². The highest BCUT2D eigenvalue weighted by atomic mass is 19.1. The van der Waals surface area contributed by atoms with Gasteiger partial charge in [-0.1, -0.05) is 16.3 Å². The molecule has 1 aliphatic carbocycles. The van der Waals surface area contributed by atoms with E-state index in [1.165, 1.54) is 12.4 Å². The second-order valence-electron chi connectivity index (χ2n) is 8.53. The maximum Gasteiger partial charge on any atom is 0.341 e. The predicted molar refractivity (Wildman–Crippen MR) is 124 cm³/mol. The molecule has 11 nitrogen and oxygen atoms in total. The summed E-state index contributed by atoms with van der Waals surface area (Å²) >= 11 is 0. The Morgan fingerprint density at radius 1 is 1.29 bits per heavy atom. The van der Waals surface area contributed by atoms with Crippen LogP contribution in [-0.4, -0.2) is 61.5 Å². The molecule has 0 unspecified atom stereocenters. The standard InChI is InChI=1S/C23H22FN7O4/c1-2-9-35-25-11-14-12-31(28-27-14)16-5-7-29(8-6-16)22-19(24)10-17-20(32)18(23(33)34)13-30(15-3-4-15)21(17)26-22/h1,10-13,15-16H,3-9H2,(H,33,34)/b25-11+. The molecular formula is C23H22FN7O4. The number of hydrogen-bond acceptors (Lipinski definition) is 8. The summed E-state index contributed by atoms with van der Waals surface area (Å²) in [7, 11) is 0. The van der Waals surface area contributed by atoms with Gasteiger partial charge in [0.15, 0.2) is 18.2 Å². The summed E-state index contributed by atoms with van der Waals surface area (Å²) in [4.78, 5) is 35.4. The molecule has 0 spiro atoms. The van der Waals surface area contributed by atoms with Gasteiger partial charge in [-0.05, 0) is 31.7 Å². The number of rotatable bonds is 7. The molecule has 1 saturated carbocycles. The van der Waals surface area contributed by atoms with Crippen LogP contribution >= 0.6 is 0 Å². The number of piperidine rings is 1. The van der Waals surface area contributed by atoms with Crippen molar-refractivity contribution in [2.24, 2.45) is 5.16 Å². The molecule has 5 rings (SSSR count). The van der Waals surface area contributed by atoms with Crippen molar-refractivity contribution in [3.63, 3.8) is 0 Å². The van der Waals surface area contributed by atoms with Crippen molar-refractivity contribution in [2.45, 2.75) is 37.8 Å². The topological polar surface area (TPSA) is 128 Å². The van der Waals surface area contributed by atoms with Crippen LogP contribution in [0, 0.1) is 18.2 Å². The maximum absolute atomic E-state index is 15.1. The molecule has 12 heteroatoms. The number of nitrogens with zero attached hydrogens (tertiary/aromatic N) is 7. The van der Waals surface area contributed by atoms with Gasteiger partial charge in [0.25, 0.3) is 0 Å². The zero-order valence-electron chi connectivity index (χ0n) is 18.7. The summed E-state index contributed by atoms with van der Waals surface area (Å²) in [5.41, 5.74) is -0.256. The molecule has 0 bridgehead atoms. The normalized spacial score (nSPS) is 16.6. The molecule has 1 N–H and O–H groups in total. The average molecular weight is 479 g/mol. The summed E-state index contributed by atoms with van der Waals surface area (Å²) < 4.78 is 18.5. The van der Waals surface area contributed by atoms with E-state index < -0.39 is 17.2 Å². The van der Waals surface area contributed by atoms with Gasteiger partial charge in [0.05, 0.1) is 23.8 Å². The first-order valence-electron chi connectivity index (χ1n) is 11.2. The Morgan fingerprint density at radius 3 is 2.74 bits per heavy atom. The molecule has 1 saturated heterocycles. The fourth-order valence-corrected chi connectivity index (χ4v) is 4.28. The number of terminal acetylenes is 1. The Labute approximate surface area is 198 Å². The van der Waals surface area contributed by atoms with Crippen LogP contribution in [0.25, 0.3) is 11.0 Å². The van der Waals surface area contributed by atoms with E-state index >= 15 is 4.39 Å². The number of oxime groups is 1. The highest BCUT2D eigenvalue weighted by molar-refractivity contribution is 5.92. The van der Waals surface area contributed by atoms with E-state index in [0.717, 1.165) is 18.9 Å². The van der Waals surface area contributed by atoms with Gasteiger partial charge in [-0.3, -0.25) is 4.79 Å². The molecule has 2 fully saturated rings. The number of aromatic carboxylic acids is 1. The van der Waals surface area contributed by atoms with E-state index in [1.807, 2.05) is 4.90 Å². The quantitative estimate of drug-likeness (QED) is 0.236. The molecule has 0 atom stereocenters. The van der Waals surface area contributed by atoms with Gasteiger partial charge >= 0.3 is 5.97 Å². The lowest BCUT2D eigenvalue weighted by Crippen LogP contribution is -2.36. The number of fused-ring (bicyclic) bond motifs is 1. The maximum atomic E-state index is 15.1. The van der Waals surface area contributed by atoms with Gasteiger partial charge in [-0.25, -0.2) is 18.9 Å². The number of carboxylic acid groups (broad SMARTS) is 1. The lowest BCUT2D eigenvalue weighted by Gasteiger charge is -2.33. The molecule has 3 aromatic rings. The zero-order valence-corrected chi connectivity index (χ0v) is 18.7. The smallest absolute Gasteiger partial charge is 0.341 e. The van der Waals surface area contributed by atoms with Crippen molar-refractivity contribution in [3.05, 3.63) is 45.8 Å². The summed E-state index contributed by atoms with van der Waals surface area (Å²) in [6.07, 6.45) is 12.7. The molecule has 3 aromatic heterocycles. The first-order valence-corrected chi connectivity index (χ1v) is 11.2. The summed E-state index contributed by atoms with van der Waals surface area (Å²) in [6.45, 7) is 1.12. The van der Waals surface area contributed by atoms with Crippen molar-refractivity contribution in [3.8, 4) is 12.3 Å². The van der Waals surface area contributed by atoms with Gasteiger partial charge in [-0.15, -0.1) is 11.5 Å². The SMILES string of the molecule is C#CCO/N=C/c1cn(C2CCN(c3nc4c(cc3F)c(=O)c(C(=O)O)cn4C3CC3)CC2)nn1. The van der Waals surface area contributed by atoms with E-state index in [2.05, 4.69) is 26.4 Å². The van der Waals surface area contributed by atoms with Gasteiger partial charge < -0.3 is 19.4 Å². The number of carbonyl (C=O) groups is 1. The van der Waals surface area contributed by atoms with Gasteiger partial charge in [-0.2, -0.15) is 0 Å². The van der Waals surface area contributed by atoms with Gasteiger partial charge in [0, 0.05) is 25.3 Å². The van der Waals surface area contributed by atoms with Crippen LogP contribution in [0.1, 0.15) is 53.8 Å². The van der Waals surface area contributed by atoms with Gasteiger partial charge in [0.2, 0.25) is 5.43 Å². The lowest BCUT2D eigenvalue weighted by molar-refractivity contribution is 0.0695. The van der Waals surface area contributed by atoms with Gasteiger partial charge in [0.1, 0.15) is 16.9 Å². The molecule has 0 aromatic carbocycles. The van der Waals surface area contributed by atoms with Crippen LogP contribution in [0.3, 0.4) is 0 Å². The first-order chi connectivity index (χ1) is 17.0. The second kappa shape index (κ2) is 9.17. The van der Waals surface area contributed by atoms with Crippen molar-refractivity contribution < 1.29 is 19.1 Å².